The second kappa shape index (κ2) is 4.31. The molecule has 1 rings (SSSR count). The van der Waals surface area contributed by atoms with Crippen LogP contribution in [-0.2, 0) is 0 Å². The molecular formula is C8H18NP. The largest absolute Gasteiger partial charge is 0.328 e. The smallest absolute Gasteiger partial charge is 0.00131 e. The Balaban J connectivity index is 2.13. The Hall–Kier alpha value is 0.390. The molecule has 0 aromatic rings. The summed E-state index contributed by atoms with van der Waals surface area (Å²) < 4.78 is 0. The molecule has 0 spiro atoms. The first kappa shape index (κ1) is 8.49. The molecule has 0 aliphatic carbocycles. The lowest BCUT2D eigenvalue weighted by Gasteiger charge is -2.22. The quantitative estimate of drug-likeness (QED) is 0.611. The van der Waals surface area contributed by atoms with E-state index in [9.17, 15) is 0 Å². The standard InChI is InChI=1S/C8H18NP/c1-7(9)6-8-2-4-10-5-3-8/h7-8,10H,2-6,9H2,1H3. The molecular weight excluding hydrogens is 141 g/mol. The molecule has 0 aromatic heterocycles. The van der Waals surface area contributed by atoms with Gasteiger partial charge in [0.15, 0.2) is 0 Å². The predicted molar refractivity (Wildman–Crippen MR) is 49.0 cm³/mol. The summed E-state index contributed by atoms with van der Waals surface area (Å²) in [5.41, 5.74) is 5.73. The first-order chi connectivity index (χ1) is 4.79. The summed E-state index contributed by atoms with van der Waals surface area (Å²) in [6.07, 6.45) is 7.08. The van der Waals surface area contributed by atoms with Gasteiger partial charge < -0.3 is 5.73 Å². The van der Waals surface area contributed by atoms with E-state index in [4.69, 9.17) is 5.73 Å². The molecule has 1 unspecified atom stereocenters. The molecule has 60 valence electrons. The van der Waals surface area contributed by atoms with Gasteiger partial charge in [0.25, 0.3) is 0 Å². The summed E-state index contributed by atoms with van der Waals surface area (Å²) in [5, 5.41) is 0. The number of rotatable bonds is 2. The highest BCUT2D eigenvalue weighted by atomic mass is 31.1. The Labute approximate surface area is 65.5 Å². The zero-order valence-corrected chi connectivity index (χ0v) is 7.77. The van der Waals surface area contributed by atoms with E-state index in [-0.39, 0.29) is 0 Å². The second-order valence-corrected chi connectivity index (χ2v) is 4.91. The van der Waals surface area contributed by atoms with Crippen molar-refractivity contribution >= 4 is 8.58 Å². The molecule has 2 N–H and O–H groups in total. The second-order valence-electron chi connectivity index (χ2n) is 3.41. The van der Waals surface area contributed by atoms with Crippen LogP contribution in [-0.4, -0.2) is 18.4 Å². The van der Waals surface area contributed by atoms with Crippen molar-refractivity contribution in [2.24, 2.45) is 11.7 Å². The number of hydrogen-bond acceptors (Lipinski definition) is 1. The molecule has 1 heterocycles. The van der Waals surface area contributed by atoms with E-state index in [1.165, 1.54) is 40.2 Å². The van der Waals surface area contributed by atoms with Crippen molar-refractivity contribution in [3.8, 4) is 0 Å². The third-order valence-corrected chi connectivity index (χ3v) is 3.45. The third kappa shape index (κ3) is 2.98. The maximum atomic E-state index is 5.73. The van der Waals surface area contributed by atoms with Crippen LogP contribution in [0.2, 0.25) is 0 Å². The highest BCUT2D eigenvalue weighted by Gasteiger charge is 2.13. The topological polar surface area (TPSA) is 26.0 Å². The molecule has 2 heteroatoms. The van der Waals surface area contributed by atoms with Crippen LogP contribution < -0.4 is 5.73 Å². The fourth-order valence-electron chi connectivity index (χ4n) is 1.64. The Morgan fingerprint density at radius 2 is 2.10 bits per heavy atom. The maximum Gasteiger partial charge on any atom is 0.00131 e. The first-order valence-corrected chi connectivity index (χ1v) is 5.66. The van der Waals surface area contributed by atoms with Gasteiger partial charge in [-0.05, 0) is 44.4 Å². The van der Waals surface area contributed by atoms with Crippen LogP contribution in [0.3, 0.4) is 0 Å². The summed E-state index contributed by atoms with van der Waals surface area (Å²) in [6, 6.07) is 0.423. The highest BCUT2D eigenvalue weighted by molar-refractivity contribution is 7.38. The summed E-state index contributed by atoms with van der Waals surface area (Å²) in [4.78, 5) is 0. The van der Waals surface area contributed by atoms with E-state index in [0.29, 0.717) is 6.04 Å². The third-order valence-electron chi connectivity index (χ3n) is 2.16. The minimum Gasteiger partial charge on any atom is -0.328 e. The zero-order chi connectivity index (χ0) is 7.40. The lowest BCUT2D eigenvalue weighted by molar-refractivity contribution is 0.418. The van der Waals surface area contributed by atoms with Crippen molar-refractivity contribution in [2.75, 3.05) is 12.3 Å². The summed E-state index contributed by atoms with van der Waals surface area (Å²) in [7, 11) is 1.24. The fraction of sp³-hybridized carbons (Fsp3) is 1.00. The summed E-state index contributed by atoms with van der Waals surface area (Å²) in [6.45, 7) is 2.12. The van der Waals surface area contributed by atoms with Crippen LogP contribution >= 0.6 is 8.58 Å². The molecule has 10 heavy (non-hydrogen) atoms. The van der Waals surface area contributed by atoms with Gasteiger partial charge in [0.1, 0.15) is 0 Å². The zero-order valence-electron chi connectivity index (χ0n) is 6.77. The van der Waals surface area contributed by atoms with Crippen molar-refractivity contribution in [1.29, 1.82) is 0 Å². The van der Waals surface area contributed by atoms with Crippen molar-refractivity contribution in [3.63, 3.8) is 0 Å². The average molecular weight is 159 g/mol. The molecule has 1 aliphatic rings. The molecule has 1 atom stereocenters. The fourth-order valence-corrected chi connectivity index (χ4v) is 3.12. The molecule has 0 radical (unpaired) electrons. The predicted octanol–water partition coefficient (Wildman–Crippen LogP) is 1.81. The molecule has 0 amide bonds. The number of hydrogen-bond donors (Lipinski definition) is 1. The van der Waals surface area contributed by atoms with Crippen molar-refractivity contribution in [3.05, 3.63) is 0 Å². The lowest BCUT2D eigenvalue weighted by Crippen LogP contribution is -2.21. The van der Waals surface area contributed by atoms with E-state index >= 15 is 0 Å². The molecule has 1 aliphatic heterocycles. The van der Waals surface area contributed by atoms with Gasteiger partial charge in [-0.2, -0.15) is 0 Å². The summed E-state index contributed by atoms with van der Waals surface area (Å²) >= 11 is 0. The van der Waals surface area contributed by atoms with Gasteiger partial charge in [0.2, 0.25) is 0 Å². The van der Waals surface area contributed by atoms with Crippen LogP contribution in [0.4, 0.5) is 0 Å². The van der Waals surface area contributed by atoms with E-state index < -0.39 is 0 Å². The van der Waals surface area contributed by atoms with Crippen molar-refractivity contribution < 1.29 is 0 Å². The molecule has 1 fully saturated rings. The van der Waals surface area contributed by atoms with Gasteiger partial charge >= 0.3 is 0 Å². The van der Waals surface area contributed by atoms with Crippen LogP contribution in [0.5, 0.6) is 0 Å². The van der Waals surface area contributed by atoms with Gasteiger partial charge in [0, 0.05) is 6.04 Å². The minimum absolute atomic E-state index is 0.423. The van der Waals surface area contributed by atoms with Gasteiger partial charge in [-0.1, -0.05) is 0 Å². The SMILES string of the molecule is CC(N)CC1CCPCC1. The van der Waals surface area contributed by atoms with Gasteiger partial charge in [0.05, 0.1) is 0 Å². The molecule has 1 nitrogen and oxygen atoms in total. The van der Waals surface area contributed by atoms with Crippen LogP contribution in [0.15, 0.2) is 0 Å². The Morgan fingerprint density at radius 3 is 2.60 bits per heavy atom. The van der Waals surface area contributed by atoms with Crippen LogP contribution in [0.1, 0.15) is 26.2 Å². The molecule has 0 saturated carbocycles. The Kier molecular flexibility index (Phi) is 3.65. The first-order valence-electron chi connectivity index (χ1n) is 4.25. The van der Waals surface area contributed by atoms with Crippen molar-refractivity contribution in [1.82, 2.24) is 0 Å². The van der Waals surface area contributed by atoms with Gasteiger partial charge in [-0.3, -0.25) is 0 Å². The van der Waals surface area contributed by atoms with E-state index in [0.717, 1.165) is 5.92 Å². The van der Waals surface area contributed by atoms with Crippen LogP contribution in [0.25, 0.3) is 0 Å². The Morgan fingerprint density at radius 1 is 1.50 bits per heavy atom. The normalized spacial score (nSPS) is 32.4. The summed E-state index contributed by atoms with van der Waals surface area (Å²) in [5.74, 6) is 0.959. The van der Waals surface area contributed by atoms with E-state index in [1.54, 1.807) is 0 Å². The Bertz CT molecular complexity index is 87.3. The van der Waals surface area contributed by atoms with E-state index in [2.05, 4.69) is 6.92 Å². The average Bonchev–Trinajstić information content (AvgIpc) is 1.88. The molecule has 0 aromatic carbocycles. The van der Waals surface area contributed by atoms with Crippen molar-refractivity contribution in [2.45, 2.75) is 32.2 Å². The molecule has 1 saturated heterocycles. The van der Waals surface area contributed by atoms with E-state index in [1.807, 2.05) is 0 Å². The highest BCUT2D eigenvalue weighted by Crippen LogP contribution is 2.29. The number of nitrogens with two attached hydrogens (primary N) is 1. The monoisotopic (exact) mass is 159 g/mol. The van der Waals surface area contributed by atoms with Gasteiger partial charge in [-0.25, -0.2) is 0 Å². The van der Waals surface area contributed by atoms with Gasteiger partial charge in [-0.15, -0.1) is 8.58 Å². The minimum atomic E-state index is 0.423. The molecule has 0 bridgehead atoms. The maximum absolute atomic E-state index is 5.73. The van der Waals surface area contributed by atoms with Crippen LogP contribution in [0, 0.1) is 5.92 Å². The lowest BCUT2D eigenvalue weighted by atomic mass is 9.95.